The number of ether oxygens (including phenoxy) is 1. The van der Waals surface area contributed by atoms with E-state index >= 15 is 0 Å². The second kappa shape index (κ2) is 7.95. The van der Waals surface area contributed by atoms with Crippen LogP contribution in [0.4, 0.5) is 22.7 Å². The van der Waals surface area contributed by atoms with Crippen LogP contribution in [0.5, 0.6) is 5.75 Å². The van der Waals surface area contributed by atoms with Crippen molar-refractivity contribution in [3.8, 4) is 11.4 Å². The number of thiazole rings is 1. The van der Waals surface area contributed by atoms with Crippen LogP contribution in [0.2, 0.25) is 0 Å². The largest absolute Gasteiger partial charge is 0.484 e. The van der Waals surface area contributed by atoms with E-state index in [0.29, 0.717) is 21.6 Å². The molecule has 0 aliphatic heterocycles. The van der Waals surface area contributed by atoms with Gasteiger partial charge < -0.3 is 4.74 Å². The van der Waals surface area contributed by atoms with E-state index in [4.69, 9.17) is 4.74 Å². The lowest BCUT2D eigenvalue weighted by atomic mass is 10.3. The van der Waals surface area contributed by atoms with Crippen LogP contribution in [-0.2, 0) is 0 Å². The molecule has 2 heterocycles. The summed E-state index contributed by atoms with van der Waals surface area (Å²) in [4.78, 5) is 16.9. The summed E-state index contributed by atoms with van der Waals surface area (Å²) in [7, 11) is 0. The van der Waals surface area contributed by atoms with Gasteiger partial charge in [0.1, 0.15) is 11.6 Å². The van der Waals surface area contributed by atoms with Gasteiger partial charge in [-0.1, -0.05) is 16.6 Å². The van der Waals surface area contributed by atoms with Gasteiger partial charge in [-0.3, -0.25) is 10.1 Å². The van der Waals surface area contributed by atoms with Gasteiger partial charge in [-0.2, -0.15) is 13.2 Å². The van der Waals surface area contributed by atoms with Crippen molar-refractivity contribution < 1.29 is 27.1 Å². The summed E-state index contributed by atoms with van der Waals surface area (Å²) < 4.78 is 56.7. The molecule has 0 saturated heterocycles. The highest BCUT2D eigenvalue weighted by molar-refractivity contribution is 7.22. The lowest BCUT2D eigenvalue weighted by Crippen LogP contribution is -2.19. The first-order valence-corrected chi connectivity index (χ1v) is 9.61. The molecule has 0 unspecified atom stereocenters. The van der Waals surface area contributed by atoms with Gasteiger partial charge >= 0.3 is 6.18 Å². The van der Waals surface area contributed by atoms with E-state index < -0.39 is 24.5 Å². The van der Waals surface area contributed by atoms with Crippen LogP contribution in [-0.4, -0.2) is 38.7 Å². The molecule has 0 saturated carbocycles. The average Bonchev–Trinajstić information content (AvgIpc) is 3.28. The summed E-state index contributed by atoms with van der Waals surface area (Å²) in [5.74, 6) is -0.912. The maximum absolute atomic E-state index is 13.1. The molecule has 1 N–H and O–H groups in total. The predicted octanol–water partition coefficient (Wildman–Crippen LogP) is 4.52. The first-order chi connectivity index (χ1) is 14.7. The monoisotopic (exact) mass is 451 g/mol. The number of aromatic nitrogens is 4. The Morgan fingerprint density at radius 1 is 1.19 bits per heavy atom. The number of hydrogen-bond acceptors (Lipinski definition) is 6. The van der Waals surface area contributed by atoms with Crippen LogP contribution in [0.3, 0.4) is 0 Å². The maximum Gasteiger partial charge on any atom is 0.422 e. The molecule has 4 aromatic rings. The first-order valence-electron chi connectivity index (χ1n) is 8.79. The van der Waals surface area contributed by atoms with Crippen LogP contribution in [0.15, 0.2) is 42.5 Å². The standard InChI is InChI=1S/C19H13F4N5O2S/c1-10-16(26-27-28(10)12-4-2-11(20)3-5-12)17(29)25-18-24-14-7-6-13(8-15(14)31-18)30-9-19(21,22)23/h2-8H,9H2,1H3,(H,24,25,29). The Kier molecular flexibility index (Phi) is 5.31. The number of alkyl halides is 3. The van der Waals surface area contributed by atoms with Crippen LogP contribution >= 0.6 is 11.3 Å². The fourth-order valence-electron chi connectivity index (χ4n) is 2.74. The molecule has 0 bridgehead atoms. The molecule has 1 amide bonds. The lowest BCUT2D eigenvalue weighted by Gasteiger charge is -2.08. The fraction of sp³-hybridized carbons (Fsp3) is 0.158. The highest BCUT2D eigenvalue weighted by Crippen LogP contribution is 2.30. The molecular formula is C19H13F4N5O2S. The molecule has 31 heavy (non-hydrogen) atoms. The molecular weight excluding hydrogens is 438 g/mol. The number of carbonyl (C=O) groups excluding carboxylic acids is 1. The minimum Gasteiger partial charge on any atom is -0.484 e. The maximum atomic E-state index is 13.1. The second-order valence-electron chi connectivity index (χ2n) is 6.42. The van der Waals surface area contributed by atoms with Gasteiger partial charge in [-0.25, -0.2) is 14.1 Å². The van der Waals surface area contributed by atoms with Crippen molar-refractivity contribution in [1.29, 1.82) is 0 Å². The Bertz CT molecular complexity index is 1250. The molecule has 7 nitrogen and oxygen atoms in total. The highest BCUT2D eigenvalue weighted by Gasteiger charge is 2.28. The van der Waals surface area contributed by atoms with E-state index in [1.54, 1.807) is 6.92 Å². The van der Waals surface area contributed by atoms with Crippen LogP contribution < -0.4 is 10.1 Å². The van der Waals surface area contributed by atoms with Crippen LogP contribution in [0, 0.1) is 12.7 Å². The number of amides is 1. The summed E-state index contributed by atoms with van der Waals surface area (Å²) in [6.07, 6.45) is -4.44. The van der Waals surface area contributed by atoms with E-state index in [0.717, 1.165) is 11.3 Å². The summed E-state index contributed by atoms with van der Waals surface area (Å²) in [5, 5.41) is 10.7. The lowest BCUT2D eigenvalue weighted by molar-refractivity contribution is -0.153. The number of nitrogens with one attached hydrogen (secondary N) is 1. The smallest absolute Gasteiger partial charge is 0.422 e. The third kappa shape index (κ3) is 4.63. The highest BCUT2D eigenvalue weighted by atomic mass is 32.1. The van der Waals surface area contributed by atoms with Gasteiger partial charge in [0.25, 0.3) is 5.91 Å². The molecule has 0 fully saturated rings. The number of nitrogens with zero attached hydrogens (tertiary/aromatic N) is 4. The number of rotatable bonds is 5. The van der Waals surface area contributed by atoms with Gasteiger partial charge in [-0.15, -0.1) is 5.10 Å². The molecule has 0 aliphatic rings. The Labute approximate surface area is 176 Å². The Morgan fingerprint density at radius 3 is 2.65 bits per heavy atom. The molecule has 0 aliphatic carbocycles. The first kappa shape index (κ1) is 20.7. The summed E-state index contributed by atoms with van der Waals surface area (Å²) >= 11 is 1.08. The van der Waals surface area contributed by atoms with Gasteiger partial charge in [0, 0.05) is 0 Å². The number of fused-ring (bicyclic) bond motifs is 1. The summed E-state index contributed by atoms with van der Waals surface area (Å²) in [6, 6.07) is 9.84. The summed E-state index contributed by atoms with van der Waals surface area (Å²) in [5.41, 5.74) is 1.52. The minimum absolute atomic E-state index is 0.0458. The average molecular weight is 451 g/mol. The SMILES string of the molecule is Cc1c(C(=O)Nc2nc3ccc(OCC(F)(F)F)cc3s2)nnn1-c1ccc(F)cc1. The van der Waals surface area contributed by atoms with Crippen molar-refractivity contribution >= 4 is 32.6 Å². The van der Waals surface area contributed by atoms with E-state index in [9.17, 15) is 22.4 Å². The molecule has 0 spiro atoms. The Balaban J connectivity index is 1.51. The number of carbonyl (C=O) groups is 1. The van der Waals surface area contributed by atoms with Crippen molar-refractivity contribution in [3.05, 3.63) is 59.7 Å². The third-order valence-corrected chi connectivity index (χ3v) is 5.10. The minimum atomic E-state index is -4.44. The van der Waals surface area contributed by atoms with E-state index in [1.165, 1.54) is 47.1 Å². The molecule has 4 rings (SSSR count). The van der Waals surface area contributed by atoms with E-state index in [2.05, 4.69) is 20.6 Å². The zero-order valence-corrected chi connectivity index (χ0v) is 16.6. The molecule has 12 heteroatoms. The van der Waals surface area contributed by atoms with Crippen LogP contribution in [0.25, 0.3) is 15.9 Å². The van der Waals surface area contributed by atoms with Gasteiger partial charge in [0.2, 0.25) is 0 Å². The number of benzene rings is 2. The quantitative estimate of drug-likeness (QED) is 0.452. The molecule has 0 atom stereocenters. The van der Waals surface area contributed by atoms with Crippen LogP contribution in [0.1, 0.15) is 16.2 Å². The summed E-state index contributed by atoms with van der Waals surface area (Å²) in [6.45, 7) is 0.241. The molecule has 2 aromatic carbocycles. The van der Waals surface area contributed by atoms with Crippen molar-refractivity contribution in [3.63, 3.8) is 0 Å². The van der Waals surface area contributed by atoms with E-state index in [1.807, 2.05) is 0 Å². The Hall–Kier alpha value is -3.54. The number of anilines is 1. The fourth-order valence-corrected chi connectivity index (χ4v) is 3.63. The predicted molar refractivity (Wildman–Crippen MR) is 105 cm³/mol. The molecule has 0 radical (unpaired) electrons. The van der Waals surface area contributed by atoms with Gasteiger partial charge in [-0.05, 0) is 49.4 Å². The molecule has 2 aromatic heterocycles. The Morgan fingerprint density at radius 2 is 1.94 bits per heavy atom. The second-order valence-corrected chi connectivity index (χ2v) is 7.45. The van der Waals surface area contributed by atoms with Crippen molar-refractivity contribution in [2.75, 3.05) is 11.9 Å². The van der Waals surface area contributed by atoms with Gasteiger partial charge in [0.15, 0.2) is 17.4 Å². The molecule has 160 valence electrons. The van der Waals surface area contributed by atoms with Gasteiger partial charge in [0.05, 0.1) is 21.6 Å². The van der Waals surface area contributed by atoms with E-state index in [-0.39, 0.29) is 16.6 Å². The zero-order chi connectivity index (χ0) is 22.2. The topological polar surface area (TPSA) is 81.9 Å². The van der Waals surface area contributed by atoms with Crippen molar-refractivity contribution in [2.45, 2.75) is 13.1 Å². The normalized spacial score (nSPS) is 11.6. The number of halogens is 4. The third-order valence-electron chi connectivity index (χ3n) is 4.16. The van der Waals surface area contributed by atoms with Crippen molar-refractivity contribution in [1.82, 2.24) is 20.0 Å². The zero-order valence-electron chi connectivity index (χ0n) is 15.8. The number of hydrogen-bond donors (Lipinski definition) is 1. The van der Waals surface area contributed by atoms with Crippen molar-refractivity contribution in [2.24, 2.45) is 0 Å².